The zero-order valence-corrected chi connectivity index (χ0v) is 15.0. The highest BCUT2D eigenvalue weighted by Gasteiger charge is 2.33. The molecule has 2 N–H and O–H groups in total. The van der Waals surface area contributed by atoms with E-state index in [0.717, 1.165) is 12.1 Å². The smallest absolute Gasteiger partial charge is 0.345 e. The third-order valence-corrected chi connectivity index (χ3v) is 5.30. The number of sulfonamides is 1. The van der Waals surface area contributed by atoms with E-state index in [1.165, 1.54) is 18.5 Å². The van der Waals surface area contributed by atoms with Crippen molar-refractivity contribution in [2.75, 3.05) is 4.72 Å². The standard InChI is InChI=1S/C15H8BrF3N4O2S/c16-9-4-11-13(7-22-14(11)21-6-9)26(24,25)23-10-1-2-12(15(17,18)19)8(3-10)5-20/h1-4,6-7,23H,(H,21,22). The van der Waals surface area contributed by atoms with E-state index < -0.39 is 27.3 Å². The first-order valence-corrected chi connectivity index (χ1v) is 9.16. The summed E-state index contributed by atoms with van der Waals surface area (Å²) in [5.41, 5.74) is -1.64. The molecule has 2 aromatic heterocycles. The average Bonchev–Trinajstić information content (AvgIpc) is 2.97. The maximum Gasteiger partial charge on any atom is 0.417 e. The predicted octanol–water partition coefficient (Wildman–Crippen LogP) is 4.02. The maximum absolute atomic E-state index is 12.8. The lowest BCUT2D eigenvalue weighted by Gasteiger charge is -2.11. The Balaban J connectivity index is 2.02. The highest BCUT2D eigenvalue weighted by Crippen LogP contribution is 2.33. The minimum Gasteiger partial charge on any atom is -0.345 e. The van der Waals surface area contributed by atoms with E-state index >= 15 is 0 Å². The van der Waals surface area contributed by atoms with E-state index in [-0.39, 0.29) is 10.6 Å². The van der Waals surface area contributed by atoms with Gasteiger partial charge in [0.1, 0.15) is 10.5 Å². The lowest BCUT2D eigenvalue weighted by molar-refractivity contribution is -0.137. The molecule has 0 saturated carbocycles. The summed E-state index contributed by atoms with van der Waals surface area (Å²) >= 11 is 3.20. The molecule has 0 aliphatic rings. The van der Waals surface area contributed by atoms with Gasteiger partial charge in [0.05, 0.1) is 22.9 Å². The van der Waals surface area contributed by atoms with Crippen LogP contribution in [0.4, 0.5) is 18.9 Å². The zero-order valence-electron chi connectivity index (χ0n) is 12.6. The third kappa shape index (κ3) is 3.38. The Hall–Kier alpha value is -2.58. The van der Waals surface area contributed by atoms with Crippen molar-refractivity contribution in [1.82, 2.24) is 9.97 Å². The summed E-state index contributed by atoms with van der Waals surface area (Å²) in [4.78, 5) is 6.61. The first kappa shape index (κ1) is 18.2. The van der Waals surface area contributed by atoms with Crippen molar-refractivity contribution in [2.24, 2.45) is 0 Å². The second-order valence-electron chi connectivity index (χ2n) is 5.18. The first-order chi connectivity index (χ1) is 12.1. The van der Waals surface area contributed by atoms with Gasteiger partial charge in [-0.1, -0.05) is 0 Å². The molecule has 11 heteroatoms. The summed E-state index contributed by atoms with van der Waals surface area (Å²) in [6.45, 7) is 0. The number of nitrogens with one attached hydrogen (secondary N) is 2. The Morgan fingerprint density at radius 2 is 2.00 bits per heavy atom. The van der Waals surface area contributed by atoms with E-state index in [2.05, 4.69) is 30.6 Å². The van der Waals surface area contributed by atoms with E-state index in [9.17, 15) is 21.6 Å². The molecule has 3 rings (SSSR count). The number of aromatic amines is 1. The van der Waals surface area contributed by atoms with Crippen molar-refractivity contribution in [3.05, 3.63) is 52.3 Å². The largest absolute Gasteiger partial charge is 0.417 e. The predicted molar refractivity (Wildman–Crippen MR) is 90.8 cm³/mol. The molecule has 0 amide bonds. The second-order valence-corrected chi connectivity index (χ2v) is 7.74. The molecule has 3 aromatic rings. The van der Waals surface area contributed by atoms with Crippen LogP contribution in [-0.2, 0) is 16.2 Å². The molecule has 0 atom stereocenters. The number of halogens is 4. The van der Waals surface area contributed by atoms with E-state index in [4.69, 9.17) is 5.26 Å². The van der Waals surface area contributed by atoms with Gasteiger partial charge in [-0.3, -0.25) is 4.72 Å². The van der Waals surface area contributed by atoms with Gasteiger partial charge in [0.15, 0.2) is 0 Å². The molecule has 0 unspecified atom stereocenters. The van der Waals surface area contributed by atoms with Gasteiger partial charge in [-0.15, -0.1) is 0 Å². The van der Waals surface area contributed by atoms with Crippen molar-refractivity contribution < 1.29 is 21.6 Å². The van der Waals surface area contributed by atoms with Gasteiger partial charge in [0.25, 0.3) is 10.0 Å². The minimum absolute atomic E-state index is 0.125. The summed E-state index contributed by atoms with van der Waals surface area (Å²) in [6.07, 6.45) is -2.00. The number of rotatable bonds is 3. The van der Waals surface area contributed by atoms with Crippen LogP contribution in [0.2, 0.25) is 0 Å². The molecular weight excluding hydrogens is 437 g/mol. The fraction of sp³-hybridized carbons (Fsp3) is 0.0667. The SMILES string of the molecule is N#Cc1cc(NS(=O)(=O)c2c[nH]c3ncc(Br)cc23)ccc1C(F)(F)F. The number of benzene rings is 1. The number of nitrogens with zero attached hydrogens (tertiary/aromatic N) is 2. The number of fused-ring (bicyclic) bond motifs is 1. The van der Waals surface area contributed by atoms with Crippen LogP contribution >= 0.6 is 15.9 Å². The Labute approximate surface area is 153 Å². The minimum atomic E-state index is -4.71. The highest BCUT2D eigenvalue weighted by atomic mass is 79.9. The van der Waals surface area contributed by atoms with E-state index in [1.54, 1.807) is 6.07 Å². The molecule has 0 aliphatic carbocycles. The fourth-order valence-electron chi connectivity index (χ4n) is 2.33. The molecule has 0 spiro atoms. The average molecular weight is 445 g/mol. The van der Waals surface area contributed by atoms with Gasteiger partial charge < -0.3 is 4.98 Å². The fourth-order valence-corrected chi connectivity index (χ4v) is 3.87. The number of anilines is 1. The van der Waals surface area contributed by atoms with Gasteiger partial charge in [0.2, 0.25) is 0 Å². The molecule has 0 radical (unpaired) electrons. The molecule has 0 saturated heterocycles. The Morgan fingerprint density at radius 1 is 1.27 bits per heavy atom. The second kappa shape index (κ2) is 6.30. The van der Waals surface area contributed by atoms with Crippen molar-refractivity contribution in [1.29, 1.82) is 5.26 Å². The Morgan fingerprint density at radius 3 is 2.65 bits per heavy atom. The van der Waals surface area contributed by atoms with Crippen LogP contribution in [0.3, 0.4) is 0 Å². The van der Waals surface area contributed by atoms with E-state index in [0.29, 0.717) is 21.6 Å². The Kier molecular flexibility index (Phi) is 4.41. The molecule has 134 valence electrons. The molecule has 6 nitrogen and oxygen atoms in total. The first-order valence-electron chi connectivity index (χ1n) is 6.88. The molecular formula is C15H8BrF3N4O2S. The number of hydrogen-bond donors (Lipinski definition) is 2. The molecule has 0 aliphatic heterocycles. The van der Waals surface area contributed by atoms with Crippen LogP contribution in [0, 0.1) is 11.3 Å². The van der Waals surface area contributed by atoms with Crippen LogP contribution in [0.15, 0.2) is 46.0 Å². The van der Waals surface area contributed by atoms with Crippen molar-refractivity contribution >= 4 is 42.7 Å². The Bertz CT molecular complexity index is 1150. The number of hydrogen-bond acceptors (Lipinski definition) is 4. The highest BCUT2D eigenvalue weighted by molar-refractivity contribution is 9.10. The normalized spacial score (nSPS) is 12.1. The van der Waals surface area contributed by atoms with Gasteiger partial charge in [0, 0.05) is 22.3 Å². The van der Waals surface area contributed by atoms with Crippen LogP contribution < -0.4 is 4.72 Å². The lowest BCUT2D eigenvalue weighted by Crippen LogP contribution is -2.14. The molecule has 0 fully saturated rings. The molecule has 1 aromatic carbocycles. The van der Waals surface area contributed by atoms with Gasteiger partial charge in [-0.2, -0.15) is 18.4 Å². The van der Waals surface area contributed by atoms with Crippen LogP contribution in [0.5, 0.6) is 0 Å². The van der Waals surface area contributed by atoms with E-state index in [1.807, 2.05) is 0 Å². The maximum atomic E-state index is 12.8. The van der Waals surface area contributed by atoms with Crippen LogP contribution in [-0.4, -0.2) is 18.4 Å². The topological polar surface area (TPSA) is 98.6 Å². The zero-order chi connectivity index (χ0) is 19.1. The van der Waals surface area contributed by atoms with Crippen molar-refractivity contribution in [3.63, 3.8) is 0 Å². The number of aromatic nitrogens is 2. The molecule has 2 heterocycles. The summed E-state index contributed by atoms with van der Waals surface area (Å²) in [5, 5.41) is 9.22. The summed E-state index contributed by atoms with van der Waals surface area (Å²) in [5.74, 6) is 0. The van der Waals surface area contributed by atoms with Crippen molar-refractivity contribution in [2.45, 2.75) is 11.1 Å². The van der Waals surface area contributed by atoms with Gasteiger partial charge >= 0.3 is 6.18 Å². The van der Waals surface area contributed by atoms with Gasteiger partial charge in [-0.05, 0) is 40.2 Å². The van der Waals surface area contributed by atoms with Crippen molar-refractivity contribution in [3.8, 4) is 6.07 Å². The monoisotopic (exact) mass is 444 g/mol. The summed E-state index contributed by atoms with van der Waals surface area (Å²) < 4.78 is 66.4. The lowest BCUT2D eigenvalue weighted by atomic mass is 10.1. The number of pyridine rings is 1. The molecule has 0 bridgehead atoms. The third-order valence-electron chi connectivity index (χ3n) is 3.45. The van der Waals surface area contributed by atoms with Gasteiger partial charge in [-0.25, -0.2) is 13.4 Å². The van der Waals surface area contributed by atoms with Crippen LogP contribution in [0.1, 0.15) is 11.1 Å². The van der Waals surface area contributed by atoms with Crippen LogP contribution in [0.25, 0.3) is 11.0 Å². The summed E-state index contributed by atoms with van der Waals surface area (Å²) in [7, 11) is -4.12. The number of H-pyrrole nitrogens is 1. The quantitative estimate of drug-likeness (QED) is 0.637. The number of alkyl halides is 3. The number of nitriles is 1. The molecule has 26 heavy (non-hydrogen) atoms. The summed E-state index contributed by atoms with van der Waals surface area (Å²) in [6, 6.07) is 5.41.